The van der Waals surface area contributed by atoms with Crippen LogP contribution in [0.4, 0.5) is 0 Å². The van der Waals surface area contributed by atoms with E-state index in [1.54, 1.807) is 6.07 Å². The van der Waals surface area contributed by atoms with Crippen molar-refractivity contribution in [3.8, 4) is 5.75 Å². The lowest BCUT2D eigenvalue weighted by Gasteiger charge is -2.34. The summed E-state index contributed by atoms with van der Waals surface area (Å²) >= 11 is 0. The molecule has 0 amide bonds. The Balaban J connectivity index is 1.33. The van der Waals surface area contributed by atoms with Crippen LogP contribution in [0.3, 0.4) is 0 Å². The average Bonchev–Trinajstić information content (AvgIpc) is 2.70. The van der Waals surface area contributed by atoms with Crippen molar-refractivity contribution < 1.29 is 10.2 Å². The van der Waals surface area contributed by atoms with Crippen molar-refractivity contribution in [2.45, 2.75) is 31.9 Å². The van der Waals surface area contributed by atoms with Crippen LogP contribution in [-0.4, -0.2) is 39.3 Å². The minimum atomic E-state index is -0.273. The molecule has 4 rings (SSSR count). The average molecular weight is 362 g/mol. The Hall–Kier alpha value is -2.43. The maximum absolute atomic E-state index is 10.6. The van der Waals surface area contributed by atoms with Crippen LogP contribution in [0.25, 0.3) is 10.9 Å². The predicted molar refractivity (Wildman–Crippen MR) is 108 cm³/mol. The summed E-state index contributed by atoms with van der Waals surface area (Å²) in [4.78, 5) is 7.03. The van der Waals surface area contributed by atoms with Gasteiger partial charge in [-0.1, -0.05) is 48.5 Å². The molecule has 4 nitrogen and oxygen atoms in total. The van der Waals surface area contributed by atoms with Crippen LogP contribution in [0.1, 0.15) is 24.1 Å². The monoisotopic (exact) mass is 362 g/mol. The number of aliphatic hydroxyl groups is 1. The lowest BCUT2D eigenvalue weighted by atomic mass is 9.88. The van der Waals surface area contributed by atoms with E-state index in [2.05, 4.69) is 22.0 Å². The molecule has 1 aliphatic heterocycles. The number of phenols is 1. The molecule has 1 fully saturated rings. The third-order valence-electron chi connectivity index (χ3n) is 5.61. The number of likely N-dealkylation sites (tertiary alicyclic amines) is 1. The number of hydrogen-bond acceptors (Lipinski definition) is 4. The molecule has 0 spiro atoms. The van der Waals surface area contributed by atoms with Crippen molar-refractivity contribution in [3.05, 3.63) is 71.9 Å². The normalized spacial score (nSPS) is 17.2. The second-order valence-corrected chi connectivity index (χ2v) is 7.52. The Labute approximate surface area is 160 Å². The molecule has 4 heteroatoms. The summed E-state index contributed by atoms with van der Waals surface area (Å²) in [6, 6.07) is 19.8. The zero-order valence-corrected chi connectivity index (χ0v) is 15.5. The third kappa shape index (κ3) is 4.29. The van der Waals surface area contributed by atoms with E-state index in [-0.39, 0.29) is 11.9 Å². The summed E-state index contributed by atoms with van der Waals surface area (Å²) in [7, 11) is 0. The zero-order chi connectivity index (χ0) is 18.6. The zero-order valence-electron chi connectivity index (χ0n) is 15.5. The van der Waals surface area contributed by atoms with Crippen molar-refractivity contribution in [3.63, 3.8) is 0 Å². The summed E-state index contributed by atoms with van der Waals surface area (Å²) < 4.78 is 0. The quantitative estimate of drug-likeness (QED) is 0.726. The number of fused-ring (bicyclic) bond motifs is 1. The first-order chi connectivity index (χ1) is 13.2. The fourth-order valence-corrected chi connectivity index (χ4v) is 4.01. The minimum absolute atomic E-state index is 0.233. The number of aliphatic hydroxyl groups excluding tert-OH is 1. The Morgan fingerprint density at radius 2 is 1.74 bits per heavy atom. The third-order valence-corrected chi connectivity index (χ3v) is 5.61. The van der Waals surface area contributed by atoms with Crippen LogP contribution >= 0.6 is 0 Å². The lowest BCUT2D eigenvalue weighted by Crippen LogP contribution is -2.38. The summed E-state index contributed by atoms with van der Waals surface area (Å²) in [5.41, 5.74) is 2.85. The summed E-state index contributed by atoms with van der Waals surface area (Å²) in [6.45, 7) is 2.72. The molecule has 1 aromatic heterocycles. The number of nitrogens with zero attached hydrogens (tertiary/aromatic N) is 2. The van der Waals surface area contributed by atoms with Crippen LogP contribution in [0, 0.1) is 5.92 Å². The van der Waals surface area contributed by atoms with Gasteiger partial charge in [-0.3, -0.25) is 4.90 Å². The molecule has 1 aliphatic rings. The highest BCUT2D eigenvalue weighted by Crippen LogP contribution is 2.26. The first-order valence-electron chi connectivity index (χ1n) is 9.71. The lowest BCUT2D eigenvalue weighted by molar-refractivity contribution is 0.0573. The molecule has 0 aliphatic carbocycles. The highest BCUT2D eigenvalue weighted by molar-refractivity contribution is 5.84. The number of rotatable bonds is 5. The molecule has 2 heterocycles. The second kappa shape index (κ2) is 8.07. The predicted octanol–water partition coefficient (Wildman–Crippen LogP) is 3.76. The van der Waals surface area contributed by atoms with Gasteiger partial charge < -0.3 is 10.2 Å². The van der Waals surface area contributed by atoms with Crippen LogP contribution in [0.2, 0.25) is 0 Å². The molecule has 0 unspecified atom stereocenters. The van der Waals surface area contributed by atoms with E-state index in [1.807, 2.05) is 42.5 Å². The van der Waals surface area contributed by atoms with Gasteiger partial charge in [-0.2, -0.15) is 0 Å². The largest absolute Gasteiger partial charge is 0.506 e. The molecule has 2 aromatic carbocycles. The van der Waals surface area contributed by atoms with E-state index in [0.29, 0.717) is 11.4 Å². The number of aromatic nitrogens is 1. The number of aromatic hydroxyl groups is 1. The highest BCUT2D eigenvalue weighted by Gasteiger charge is 2.25. The van der Waals surface area contributed by atoms with E-state index in [4.69, 9.17) is 0 Å². The highest BCUT2D eigenvalue weighted by atomic mass is 16.3. The number of benzene rings is 2. The molecule has 27 heavy (non-hydrogen) atoms. The number of piperidine rings is 1. The van der Waals surface area contributed by atoms with Gasteiger partial charge in [-0.15, -0.1) is 0 Å². The van der Waals surface area contributed by atoms with Gasteiger partial charge in [-0.05, 0) is 56.0 Å². The first kappa shape index (κ1) is 18.0. The molecule has 1 saturated heterocycles. The van der Waals surface area contributed by atoms with Crippen molar-refractivity contribution in [2.75, 3.05) is 13.1 Å². The van der Waals surface area contributed by atoms with E-state index in [0.717, 1.165) is 50.0 Å². The molecule has 1 atom stereocenters. The number of phenolic OH excluding ortho intramolecular Hbond substituents is 1. The summed E-state index contributed by atoms with van der Waals surface area (Å²) in [5, 5.41) is 21.6. The van der Waals surface area contributed by atoms with E-state index < -0.39 is 0 Å². The Kier molecular flexibility index (Phi) is 5.37. The first-order valence-corrected chi connectivity index (χ1v) is 9.71. The van der Waals surface area contributed by atoms with Crippen LogP contribution in [0.15, 0.2) is 60.7 Å². The van der Waals surface area contributed by atoms with E-state index >= 15 is 0 Å². The Morgan fingerprint density at radius 3 is 2.52 bits per heavy atom. The van der Waals surface area contributed by atoms with Crippen molar-refractivity contribution >= 4 is 10.9 Å². The molecule has 140 valence electrons. The topological polar surface area (TPSA) is 56.6 Å². The summed E-state index contributed by atoms with van der Waals surface area (Å²) in [6.07, 6.45) is 2.47. The van der Waals surface area contributed by atoms with Crippen LogP contribution in [-0.2, 0) is 13.0 Å². The van der Waals surface area contributed by atoms with Crippen LogP contribution < -0.4 is 0 Å². The fraction of sp³-hybridized carbons (Fsp3) is 0.348. The SMILES string of the molecule is Oc1cccc2ccc(CN3CCC([C@@H](O)Cc4ccccc4)CC3)nc12. The number of hydrogen-bond donors (Lipinski definition) is 2. The van der Waals surface area contributed by atoms with E-state index in [9.17, 15) is 10.2 Å². The fourth-order valence-electron chi connectivity index (χ4n) is 4.01. The van der Waals surface area contributed by atoms with Gasteiger partial charge in [0.15, 0.2) is 0 Å². The van der Waals surface area contributed by atoms with Crippen LogP contribution in [0.5, 0.6) is 5.75 Å². The minimum Gasteiger partial charge on any atom is -0.506 e. The number of para-hydroxylation sites is 1. The smallest absolute Gasteiger partial charge is 0.141 e. The Morgan fingerprint density at radius 1 is 0.963 bits per heavy atom. The van der Waals surface area contributed by atoms with Gasteiger partial charge >= 0.3 is 0 Å². The number of pyridine rings is 1. The molecule has 0 saturated carbocycles. The van der Waals surface area contributed by atoms with Gasteiger partial charge in [0.25, 0.3) is 0 Å². The van der Waals surface area contributed by atoms with E-state index in [1.165, 1.54) is 5.56 Å². The molecular weight excluding hydrogens is 336 g/mol. The standard InChI is InChI=1S/C23H26N2O2/c26-21-8-4-7-19-9-10-20(24-23(19)21)16-25-13-11-18(12-14-25)22(27)15-17-5-2-1-3-6-17/h1-10,18,22,26-27H,11-16H2/t22-/m0/s1. The summed E-state index contributed by atoms with van der Waals surface area (Å²) in [5.74, 6) is 0.590. The van der Waals surface area contributed by atoms with Gasteiger partial charge in [-0.25, -0.2) is 4.98 Å². The van der Waals surface area contributed by atoms with Crippen molar-refractivity contribution in [2.24, 2.45) is 5.92 Å². The molecule has 3 aromatic rings. The van der Waals surface area contributed by atoms with Crippen molar-refractivity contribution in [1.82, 2.24) is 9.88 Å². The molecular formula is C23H26N2O2. The molecule has 2 N–H and O–H groups in total. The van der Waals surface area contributed by atoms with Crippen molar-refractivity contribution in [1.29, 1.82) is 0 Å². The maximum atomic E-state index is 10.6. The molecule has 0 bridgehead atoms. The van der Waals surface area contributed by atoms with Gasteiger partial charge in [0.2, 0.25) is 0 Å². The molecule has 0 radical (unpaired) electrons. The van der Waals surface area contributed by atoms with Gasteiger partial charge in [0.1, 0.15) is 11.3 Å². The van der Waals surface area contributed by atoms with Gasteiger partial charge in [0.05, 0.1) is 11.8 Å². The van der Waals surface area contributed by atoms with Gasteiger partial charge in [0, 0.05) is 11.9 Å². The Bertz CT molecular complexity index is 889. The second-order valence-electron chi connectivity index (χ2n) is 7.52. The maximum Gasteiger partial charge on any atom is 0.141 e.